The third-order valence-electron chi connectivity index (χ3n) is 8.48. The zero-order chi connectivity index (χ0) is 18.5. The van der Waals surface area contributed by atoms with E-state index in [1.807, 2.05) is 0 Å². The monoisotopic (exact) mass is 348 g/mol. The quantitative estimate of drug-likeness (QED) is 0.584. The van der Waals surface area contributed by atoms with Gasteiger partial charge in [0.2, 0.25) is 0 Å². The average Bonchev–Trinajstić information content (AvgIpc) is 2.56. The van der Waals surface area contributed by atoms with E-state index in [0.29, 0.717) is 18.4 Å². The van der Waals surface area contributed by atoms with Crippen LogP contribution in [0.3, 0.4) is 0 Å². The van der Waals surface area contributed by atoms with Crippen molar-refractivity contribution in [2.75, 3.05) is 6.61 Å². The van der Waals surface area contributed by atoms with Crippen LogP contribution >= 0.6 is 0 Å². The zero-order valence-electron chi connectivity index (χ0n) is 16.6. The molecule has 3 rings (SSSR count). The van der Waals surface area contributed by atoms with Crippen molar-refractivity contribution in [3.05, 3.63) is 12.7 Å². The van der Waals surface area contributed by atoms with Gasteiger partial charge in [-0.2, -0.15) is 0 Å². The number of esters is 1. The fraction of sp³-hybridized carbons (Fsp3) is 0.864. The van der Waals surface area contributed by atoms with Crippen LogP contribution in [0, 0.1) is 28.1 Å². The van der Waals surface area contributed by atoms with Crippen molar-refractivity contribution < 1.29 is 14.6 Å². The molecule has 0 aromatic heterocycles. The summed E-state index contributed by atoms with van der Waals surface area (Å²) in [7, 11) is 0. The molecule has 0 radical (unpaired) electrons. The lowest BCUT2D eigenvalue weighted by molar-refractivity contribution is -0.240. The topological polar surface area (TPSA) is 46.5 Å². The minimum absolute atomic E-state index is 0.188. The second kappa shape index (κ2) is 6.11. The highest BCUT2D eigenvalue weighted by Crippen LogP contribution is 2.66. The van der Waals surface area contributed by atoms with Crippen LogP contribution in [0.5, 0.6) is 0 Å². The van der Waals surface area contributed by atoms with Crippen molar-refractivity contribution in [3.63, 3.8) is 0 Å². The van der Waals surface area contributed by atoms with E-state index < -0.39 is 5.60 Å². The third-order valence-corrected chi connectivity index (χ3v) is 8.48. The molecule has 3 heteroatoms. The summed E-state index contributed by atoms with van der Waals surface area (Å²) in [5, 5.41) is 11.9. The third kappa shape index (κ3) is 2.87. The van der Waals surface area contributed by atoms with Crippen LogP contribution in [0.1, 0.15) is 79.1 Å². The van der Waals surface area contributed by atoms with Crippen molar-refractivity contribution in [2.45, 2.75) is 84.7 Å². The van der Waals surface area contributed by atoms with Gasteiger partial charge in [-0.15, -0.1) is 6.58 Å². The molecular weight excluding hydrogens is 312 g/mol. The van der Waals surface area contributed by atoms with Crippen LogP contribution in [-0.2, 0) is 9.53 Å². The second-order valence-electron chi connectivity index (χ2n) is 10.0. The van der Waals surface area contributed by atoms with Gasteiger partial charge in [-0.25, -0.2) is 0 Å². The lowest BCUT2D eigenvalue weighted by atomic mass is 9.42. The number of allylic oxidation sites excluding steroid dienone is 1. The molecule has 3 aliphatic rings. The van der Waals surface area contributed by atoms with E-state index in [-0.39, 0.29) is 22.2 Å². The van der Waals surface area contributed by atoms with Gasteiger partial charge in [0.1, 0.15) is 0 Å². The molecule has 1 N–H and O–H groups in total. The molecule has 0 heterocycles. The van der Waals surface area contributed by atoms with Gasteiger partial charge in [-0.1, -0.05) is 33.3 Å². The van der Waals surface area contributed by atoms with E-state index in [0.717, 1.165) is 44.9 Å². The molecule has 142 valence electrons. The van der Waals surface area contributed by atoms with Gasteiger partial charge in [0.25, 0.3) is 0 Å². The largest absolute Gasteiger partial charge is 0.465 e. The molecule has 3 saturated carbocycles. The van der Waals surface area contributed by atoms with Crippen molar-refractivity contribution in [2.24, 2.45) is 28.1 Å². The molecule has 0 aromatic carbocycles. The zero-order valence-corrected chi connectivity index (χ0v) is 16.6. The van der Waals surface area contributed by atoms with Crippen LogP contribution in [0.2, 0.25) is 0 Å². The summed E-state index contributed by atoms with van der Waals surface area (Å²) in [6.45, 7) is 12.8. The maximum Gasteiger partial charge on any atom is 0.302 e. The maximum absolute atomic E-state index is 11.9. The first kappa shape index (κ1) is 18.9. The Morgan fingerprint density at radius 1 is 1.20 bits per heavy atom. The summed E-state index contributed by atoms with van der Waals surface area (Å²) in [6, 6.07) is 0. The lowest BCUT2D eigenvalue weighted by Gasteiger charge is -2.65. The van der Waals surface area contributed by atoms with Gasteiger partial charge in [-0.3, -0.25) is 4.79 Å². The summed E-state index contributed by atoms with van der Waals surface area (Å²) in [5.74, 6) is 0.722. The van der Waals surface area contributed by atoms with Crippen molar-refractivity contribution >= 4 is 5.97 Å². The van der Waals surface area contributed by atoms with Crippen LogP contribution in [0.15, 0.2) is 12.7 Å². The van der Waals surface area contributed by atoms with Crippen LogP contribution in [-0.4, -0.2) is 23.3 Å². The highest BCUT2D eigenvalue weighted by atomic mass is 16.5. The minimum Gasteiger partial charge on any atom is -0.465 e. The molecule has 0 spiro atoms. The standard InChI is InChI=1S/C22H36O3/c1-6-19(3)12-13-21(5)17(14-19)9-11-22(24)18(21)8-7-10-20(22,4)15-25-16(2)23/h6,17-18,24H,1,7-15H2,2-5H3/t17-,18-,19+,20+,21+,22+/m0/s1. The van der Waals surface area contributed by atoms with Gasteiger partial charge in [-0.05, 0) is 67.6 Å². The summed E-state index contributed by atoms with van der Waals surface area (Å²) >= 11 is 0. The molecule has 0 aliphatic heterocycles. The molecule has 0 bridgehead atoms. The van der Waals surface area contributed by atoms with Gasteiger partial charge in [0, 0.05) is 12.3 Å². The minimum atomic E-state index is -0.714. The number of hydrogen-bond donors (Lipinski definition) is 1. The number of hydrogen-bond acceptors (Lipinski definition) is 3. The van der Waals surface area contributed by atoms with E-state index in [2.05, 4.69) is 33.4 Å². The Kier molecular flexibility index (Phi) is 4.63. The molecule has 3 aliphatic carbocycles. The predicted octanol–water partition coefficient (Wildman–Crippen LogP) is 4.88. The first-order chi connectivity index (χ1) is 11.6. The molecule has 3 fully saturated rings. The molecule has 3 nitrogen and oxygen atoms in total. The number of carbonyl (C=O) groups is 1. The van der Waals surface area contributed by atoms with E-state index in [1.54, 1.807) is 0 Å². The summed E-state index contributed by atoms with van der Waals surface area (Å²) in [4.78, 5) is 11.4. The Morgan fingerprint density at radius 2 is 1.92 bits per heavy atom. The smallest absolute Gasteiger partial charge is 0.302 e. The van der Waals surface area contributed by atoms with E-state index in [9.17, 15) is 9.90 Å². The number of rotatable bonds is 3. The van der Waals surface area contributed by atoms with Crippen LogP contribution in [0.4, 0.5) is 0 Å². The highest BCUT2D eigenvalue weighted by molar-refractivity contribution is 5.65. The van der Waals surface area contributed by atoms with Crippen molar-refractivity contribution in [3.8, 4) is 0 Å². The maximum atomic E-state index is 11.9. The lowest BCUT2D eigenvalue weighted by Crippen LogP contribution is -2.65. The Labute approximate surface area is 153 Å². The number of carbonyl (C=O) groups excluding carboxylic acids is 1. The Hall–Kier alpha value is -0.830. The molecular formula is C22H36O3. The molecule has 0 saturated heterocycles. The summed E-state index contributed by atoms with van der Waals surface area (Å²) < 4.78 is 5.41. The van der Waals surface area contributed by atoms with E-state index >= 15 is 0 Å². The Balaban J connectivity index is 1.89. The molecule has 0 aromatic rings. The van der Waals surface area contributed by atoms with E-state index in [1.165, 1.54) is 13.3 Å². The number of fused-ring (bicyclic) bond motifs is 3. The molecule has 6 atom stereocenters. The number of aliphatic hydroxyl groups is 1. The fourth-order valence-electron chi connectivity index (χ4n) is 6.51. The van der Waals surface area contributed by atoms with Crippen molar-refractivity contribution in [1.82, 2.24) is 0 Å². The fourth-order valence-corrected chi connectivity index (χ4v) is 6.51. The first-order valence-corrected chi connectivity index (χ1v) is 10.1. The summed E-state index contributed by atoms with van der Waals surface area (Å²) in [6.07, 6.45) is 10.7. The molecule has 0 unspecified atom stereocenters. The SMILES string of the molecule is C=C[C@]1(C)CC[C@]2(C)[C@@H](CC[C@@]3(O)[C@H]2CCC[C@]3(C)COC(C)=O)C1. The summed E-state index contributed by atoms with van der Waals surface area (Å²) in [5.41, 5.74) is -0.606. The Morgan fingerprint density at radius 3 is 2.56 bits per heavy atom. The van der Waals surface area contributed by atoms with Gasteiger partial charge in [0.05, 0.1) is 12.2 Å². The first-order valence-electron chi connectivity index (χ1n) is 10.1. The average molecular weight is 349 g/mol. The second-order valence-corrected chi connectivity index (χ2v) is 10.0. The molecule has 0 amide bonds. The van der Waals surface area contributed by atoms with Crippen LogP contribution in [0.25, 0.3) is 0 Å². The van der Waals surface area contributed by atoms with Gasteiger partial charge >= 0.3 is 5.97 Å². The van der Waals surface area contributed by atoms with E-state index in [4.69, 9.17) is 4.74 Å². The Bertz CT molecular complexity index is 557. The normalized spacial score (nSPS) is 49.6. The van der Waals surface area contributed by atoms with Gasteiger partial charge < -0.3 is 9.84 Å². The highest BCUT2D eigenvalue weighted by Gasteiger charge is 2.64. The van der Waals surface area contributed by atoms with Gasteiger partial charge in [0.15, 0.2) is 0 Å². The number of ether oxygens (including phenoxy) is 1. The molecule has 25 heavy (non-hydrogen) atoms. The predicted molar refractivity (Wildman–Crippen MR) is 100 cm³/mol. The van der Waals surface area contributed by atoms with Crippen molar-refractivity contribution in [1.29, 1.82) is 0 Å². The van der Waals surface area contributed by atoms with Crippen LogP contribution < -0.4 is 0 Å².